The fourth-order valence-corrected chi connectivity index (χ4v) is 2.91. The van der Waals surface area contributed by atoms with Crippen LogP contribution >= 0.6 is 0 Å². The molecule has 0 bridgehead atoms. The topological polar surface area (TPSA) is 24.5 Å². The molecule has 0 atom stereocenters. The Morgan fingerprint density at radius 1 is 1.40 bits per heavy atom. The minimum atomic E-state index is -0.172. The number of nitrogens with one attached hydrogen (secondary N) is 1. The van der Waals surface area contributed by atoms with Gasteiger partial charge in [0.05, 0.1) is 6.61 Å². The molecule has 1 aliphatic heterocycles. The van der Waals surface area contributed by atoms with Gasteiger partial charge >= 0.3 is 0 Å². The van der Waals surface area contributed by atoms with Crippen molar-refractivity contribution in [2.24, 2.45) is 0 Å². The lowest BCUT2D eigenvalue weighted by atomic mass is 10.0. The molecule has 2 rings (SSSR count). The predicted molar refractivity (Wildman–Crippen MR) is 80.6 cm³/mol. The Morgan fingerprint density at radius 2 is 2.20 bits per heavy atom. The zero-order valence-corrected chi connectivity index (χ0v) is 12.7. The van der Waals surface area contributed by atoms with E-state index in [9.17, 15) is 4.39 Å². The Bertz CT molecular complexity index is 448. The second-order valence-corrected chi connectivity index (χ2v) is 6.01. The van der Waals surface area contributed by atoms with Crippen molar-refractivity contribution in [2.75, 3.05) is 31.7 Å². The highest BCUT2D eigenvalue weighted by atomic mass is 19.1. The largest absolute Gasteiger partial charge is 0.383 e. The summed E-state index contributed by atoms with van der Waals surface area (Å²) in [4.78, 5) is 2.40. The standard InChI is InChI=1S/C16H25FN2O/c1-16(2)7-4-9-19(16)15-6-5-14(17)11-13(15)12-18-8-10-20-3/h5-6,11,18H,4,7-10,12H2,1-3H3. The normalized spacial score (nSPS) is 17.7. The van der Waals surface area contributed by atoms with Gasteiger partial charge in [0.1, 0.15) is 5.82 Å². The number of ether oxygens (including phenoxy) is 1. The van der Waals surface area contributed by atoms with Crippen LogP contribution in [0.3, 0.4) is 0 Å². The zero-order valence-electron chi connectivity index (χ0n) is 12.7. The van der Waals surface area contributed by atoms with Crippen molar-refractivity contribution in [3.05, 3.63) is 29.6 Å². The van der Waals surface area contributed by atoms with Gasteiger partial charge in [-0.05, 0) is 50.5 Å². The van der Waals surface area contributed by atoms with Crippen molar-refractivity contribution in [3.63, 3.8) is 0 Å². The summed E-state index contributed by atoms with van der Waals surface area (Å²) < 4.78 is 18.6. The maximum absolute atomic E-state index is 13.5. The smallest absolute Gasteiger partial charge is 0.123 e. The molecule has 0 spiro atoms. The first-order chi connectivity index (χ1) is 9.54. The second-order valence-electron chi connectivity index (χ2n) is 6.01. The predicted octanol–water partition coefficient (Wildman–Crippen LogP) is 2.94. The zero-order chi connectivity index (χ0) is 14.6. The summed E-state index contributed by atoms with van der Waals surface area (Å²) >= 11 is 0. The number of benzene rings is 1. The van der Waals surface area contributed by atoms with E-state index in [0.29, 0.717) is 13.2 Å². The lowest BCUT2D eigenvalue weighted by molar-refractivity contribution is 0.199. The van der Waals surface area contributed by atoms with Crippen molar-refractivity contribution < 1.29 is 9.13 Å². The van der Waals surface area contributed by atoms with Crippen LogP contribution in [0, 0.1) is 5.82 Å². The first-order valence-electron chi connectivity index (χ1n) is 7.30. The highest BCUT2D eigenvalue weighted by Gasteiger charge is 2.33. The van der Waals surface area contributed by atoms with Gasteiger partial charge in [-0.25, -0.2) is 4.39 Å². The molecule has 112 valence electrons. The molecule has 1 N–H and O–H groups in total. The van der Waals surface area contributed by atoms with Gasteiger partial charge < -0.3 is 15.0 Å². The Balaban J connectivity index is 2.15. The van der Waals surface area contributed by atoms with Gasteiger partial charge in [0.25, 0.3) is 0 Å². The Hall–Kier alpha value is -1.13. The van der Waals surface area contributed by atoms with Crippen molar-refractivity contribution in [2.45, 2.75) is 38.8 Å². The molecule has 4 heteroatoms. The molecule has 0 aromatic heterocycles. The summed E-state index contributed by atoms with van der Waals surface area (Å²) in [6, 6.07) is 5.11. The highest BCUT2D eigenvalue weighted by molar-refractivity contribution is 5.56. The SMILES string of the molecule is COCCNCc1cc(F)ccc1N1CCCC1(C)C. The summed E-state index contributed by atoms with van der Waals surface area (Å²) in [5.41, 5.74) is 2.33. The monoisotopic (exact) mass is 280 g/mol. The molecule has 20 heavy (non-hydrogen) atoms. The molecule has 1 heterocycles. The molecule has 0 unspecified atom stereocenters. The number of hydrogen-bond donors (Lipinski definition) is 1. The van der Waals surface area contributed by atoms with Gasteiger partial charge in [0.2, 0.25) is 0 Å². The first-order valence-corrected chi connectivity index (χ1v) is 7.30. The van der Waals surface area contributed by atoms with E-state index in [1.807, 2.05) is 6.07 Å². The molecule has 0 aliphatic carbocycles. The van der Waals surface area contributed by atoms with Gasteiger partial charge in [-0.15, -0.1) is 0 Å². The van der Waals surface area contributed by atoms with Crippen molar-refractivity contribution in [3.8, 4) is 0 Å². The highest BCUT2D eigenvalue weighted by Crippen LogP contribution is 2.35. The number of halogens is 1. The van der Waals surface area contributed by atoms with E-state index >= 15 is 0 Å². The van der Waals surface area contributed by atoms with Crippen LogP contribution < -0.4 is 10.2 Å². The average Bonchev–Trinajstić information content (AvgIpc) is 2.75. The van der Waals surface area contributed by atoms with Gasteiger partial charge in [-0.1, -0.05) is 0 Å². The summed E-state index contributed by atoms with van der Waals surface area (Å²) in [5.74, 6) is -0.172. The van der Waals surface area contributed by atoms with Crippen LogP contribution in [0.1, 0.15) is 32.3 Å². The summed E-state index contributed by atoms with van der Waals surface area (Å²) in [5, 5.41) is 3.30. The molecular weight excluding hydrogens is 255 g/mol. The second kappa shape index (κ2) is 6.55. The van der Waals surface area contributed by atoms with Gasteiger partial charge in [-0.3, -0.25) is 0 Å². The van der Waals surface area contributed by atoms with Crippen LogP contribution in [0.25, 0.3) is 0 Å². The third-order valence-corrected chi connectivity index (χ3v) is 4.03. The van der Waals surface area contributed by atoms with Gasteiger partial charge in [0.15, 0.2) is 0 Å². The molecule has 1 aliphatic rings. The quantitative estimate of drug-likeness (QED) is 0.811. The molecule has 0 amide bonds. The van der Waals surface area contributed by atoms with Crippen molar-refractivity contribution in [1.29, 1.82) is 0 Å². The Labute approximate surface area is 121 Å². The van der Waals surface area contributed by atoms with E-state index in [1.54, 1.807) is 19.2 Å². The van der Waals surface area contributed by atoms with Crippen molar-refractivity contribution in [1.82, 2.24) is 5.32 Å². The van der Waals surface area contributed by atoms with E-state index < -0.39 is 0 Å². The molecule has 1 aromatic carbocycles. The molecule has 3 nitrogen and oxygen atoms in total. The van der Waals surface area contributed by atoms with E-state index in [-0.39, 0.29) is 11.4 Å². The van der Waals surface area contributed by atoms with Crippen LogP contribution in [0.4, 0.5) is 10.1 Å². The summed E-state index contributed by atoms with van der Waals surface area (Å²) in [6.45, 7) is 7.67. The Morgan fingerprint density at radius 3 is 2.85 bits per heavy atom. The average molecular weight is 280 g/mol. The van der Waals surface area contributed by atoms with E-state index in [0.717, 1.165) is 24.3 Å². The third kappa shape index (κ3) is 3.49. The first kappa shape index (κ1) is 15.3. The maximum Gasteiger partial charge on any atom is 0.123 e. The molecule has 0 saturated carbocycles. The molecule has 1 aromatic rings. The molecule has 0 radical (unpaired) electrons. The fraction of sp³-hybridized carbons (Fsp3) is 0.625. The number of nitrogens with zero attached hydrogens (tertiary/aromatic N) is 1. The number of rotatable bonds is 6. The maximum atomic E-state index is 13.5. The molecule has 1 fully saturated rings. The van der Waals surface area contributed by atoms with Gasteiger partial charge in [-0.2, -0.15) is 0 Å². The van der Waals surface area contributed by atoms with Crippen molar-refractivity contribution >= 4 is 5.69 Å². The number of methoxy groups -OCH3 is 1. The lowest BCUT2D eigenvalue weighted by Crippen LogP contribution is -2.39. The molecular formula is C16H25FN2O. The van der Waals surface area contributed by atoms with Crippen LogP contribution in [0.2, 0.25) is 0 Å². The van der Waals surface area contributed by atoms with E-state index in [2.05, 4.69) is 24.1 Å². The van der Waals surface area contributed by atoms with Crippen LogP contribution in [0.5, 0.6) is 0 Å². The van der Waals surface area contributed by atoms with Crippen LogP contribution in [-0.2, 0) is 11.3 Å². The van der Waals surface area contributed by atoms with Crippen LogP contribution in [-0.4, -0.2) is 32.3 Å². The van der Waals surface area contributed by atoms with Gasteiger partial charge in [0, 0.05) is 38.0 Å². The van der Waals surface area contributed by atoms with E-state index in [1.165, 1.54) is 12.8 Å². The minimum absolute atomic E-state index is 0.152. The molecule has 1 saturated heterocycles. The summed E-state index contributed by atoms with van der Waals surface area (Å²) in [7, 11) is 1.68. The van der Waals surface area contributed by atoms with E-state index in [4.69, 9.17) is 4.74 Å². The minimum Gasteiger partial charge on any atom is -0.383 e. The number of hydrogen-bond acceptors (Lipinski definition) is 3. The Kier molecular flexibility index (Phi) is 5.00. The lowest BCUT2D eigenvalue weighted by Gasteiger charge is -2.35. The van der Waals surface area contributed by atoms with Crippen LogP contribution in [0.15, 0.2) is 18.2 Å². The number of anilines is 1. The third-order valence-electron chi connectivity index (χ3n) is 4.03. The fourth-order valence-electron chi connectivity index (χ4n) is 2.91. The summed E-state index contributed by atoms with van der Waals surface area (Å²) in [6.07, 6.45) is 2.38.